The average Bonchev–Trinajstić information content (AvgIpc) is 2.57. The monoisotopic (exact) mass is 444 g/mol. The number of carbonyl (C=O) groups excluding carboxylic acids is 1. The lowest BCUT2D eigenvalue weighted by Crippen LogP contribution is -2.45. The third-order valence-corrected chi connectivity index (χ3v) is 6.65. The fourth-order valence-corrected chi connectivity index (χ4v) is 5.36. The van der Waals surface area contributed by atoms with Crippen molar-refractivity contribution in [2.24, 2.45) is 0 Å². The van der Waals surface area contributed by atoms with E-state index in [4.69, 9.17) is 4.74 Å². The number of fused-ring (bicyclic) bond motifs is 1. The molecule has 6 nitrogen and oxygen atoms in total. The number of aryl methyl sites for hydroxylation is 4. The molecule has 0 saturated carbocycles. The van der Waals surface area contributed by atoms with Crippen molar-refractivity contribution in [2.45, 2.75) is 59.6 Å². The number of hydrogen-bond donors (Lipinski definition) is 1. The molecule has 1 aliphatic heterocycles. The number of sulfonamides is 1. The number of nitrogens with one attached hydrogen (secondary N) is 1. The molecule has 0 saturated heterocycles. The smallest absolute Gasteiger partial charge is 0.241 e. The third-order valence-electron chi connectivity index (χ3n) is 5.53. The molecule has 31 heavy (non-hydrogen) atoms. The Labute approximate surface area is 185 Å². The molecule has 0 radical (unpaired) electrons. The molecule has 1 heterocycles. The number of carbonyl (C=O) groups is 1. The van der Waals surface area contributed by atoms with Crippen LogP contribution in [0.25, 0.3) is 0 Å². The minimum absolute atomic E-state index is 0.256. The normalized spacial score (nSPS) is 17.5. The zero-order chi connectivity index (χ0) is 23.1. The predicted molar refractivity (Wildman–Crippen MR) is 124 cm³/mol. The highest BCUT2D eigenvalue weighted by atomic mass is 32.2. The number of nitrogens with zero attached hydrogens (tertiary/aromatic N) is 1. The molecule has 0 bridgehead atoms. The summed E-state index contributed by atoms with van der Waals surface area (Å²) in [5, 5.41) is 3.05. The summed E-state index contributed by atoms with van der Waals surface area (Å²) < 4.78 is 32.5. The van der Waals surface area contributed by atoms with Gasteiger partial charge in [-0.15, -0.1) is 0 Å². The Bertz CT molecular complexity index is 1100. The van der Waals surface area contributed by atoms with Crippen molar-refractivity contribution in [1.82, 2.24) is 5.32 Å². The fourth-order valence-electron chi connectivity index (χ4n) is 4.39. The second-order valence-electron chi connectivity index (χ2n) is 9.24. The van der Waals surface area contributed by atoms with Gasteiger partial charge in [0.25, 0.3) is 0 Å². The SMILES string of the molecule is Cc1cc(C)c(N(CC(=O)NC2CC(C)(C)Oc3cc(C)ccc32)S(C)(=O)=O)c(C)c1. The van der Waals surface area contributed by atoms with Crippen LogP contribution >= 0.6 is 0 Å². The summed E-state index contributed by atoms with van der Waals surface area (Å²) in [5.41, 5.74) is 4.80. The van der Waals surface area contributed by atoms with Gasteiger partial charge in [0.05, 0.1) is 18.0 Å². The van der Waals surface area contributed by atoms with Crippen molar-refractivity contribution in [3.63, 3.8) is 0 Å². The minimum Gasteiger partial charge on any atom is -0.487 e. The van der Waals surface area contributed by atoms with Gasteiger partial charge in [0.2, 0.25) is 15.9 Å². The van der Waals surface area contributed by atoms with E-state index < -0.39 is 15.6 Å². The van der Waals surface area contributed by atoms with Crippen LogP contribution in [0.5, 0.6) is 5.75 Å². The maximum Gasteiger partial charge on any atom is 0.241 e. The number of rotatable bonds is 5. The lowest BCUT2D eigenvalue weighted by Gasteiger charge is -2.38. The van der Waals surface area contributed by atoms with Gasteiger partial charge in [-0.05, 0) is 64.3 Å². The topological polar surface area (TPSA) is 75.7 Å². The number of hydrogen-bond acceptors (Lipinski definition) is 4. The van der Waals surface area contributed by atoms with Crippen LogP contribution in [0.4, 0.5) is 5.69 Å². The number of amides is 1. The molecular formula is C24H32N2O4S. The number of benzene rings is 2. The van der Waals surface area contributed by atoms with Gasteiger partial charge >= 0.3 is 0 Å². The highest BCUT2D eigenvalue weighted by Gasteiger charge is 2.35. The van der Waals surface area contributed by atoms with Gasteiger partial charge in [-0.1, -0.05) is 29.8 Å². The Balaban J connectivity index is 1.90. The molecule has 7 heteroatoms. The maximum absolute atomic E-state index is 13.1. The van der Waals surface area contributed by atoms with Gasteiger partial charge in [0.15, 0.2) is 0 Å². The molecule has 0 fully saturated rings. The lowest BCUT2D eigenvalue weighted by molar-refractivity contribution is -0.120. The van der Waals surface area contributed by atoms with E-state index in [0.717, 1.165) is 39.8 Å². The summed E-state index contributed by atoms with van der Waals surface area (Å²) in [5.74, 6) is 0.408. The molecule has 0 spiro atoms. The van der Waals surface area contributed by atoms with Crippen LogP contribution in [0.15, 0.2) is 30.3 Å². The highest BCUT2D eigenvalue weighted by Crippen LogP contribution is 2.40. The summed E-state index contributed by atoms with van der Waals surface area (Å²) in [6, 6.07) is 9.52. The summed E-state index contributed by atoms with van der Waals surface area (Å²) >= 11 is 0. The quantitative estimate of drug-likeness (QED) is 0.753. The Kier molecular flexibility index (Phi) is 6.11. The third kappa shape index (κ3) is 5.21. The summed E-state index contributed by atoms with van der Waals surface area (Å²) in [4.78, 5) is 13.1. The zero-order valence-electron chi connectivity index (χ0n) is 19.4. The van der Waals surface area contributed by atoms with E-state index in [2.05, 4.69) is 5.32 Å². The van der Waals surface area contributed by atoms with Gasteiger partial charge in [0.1, 0.15) is 17.9 Å². The minimum atomic E-state index is -3.65. The summed E-state index contributed by atoms with van der Waals surface area (Å²) in [7, 11) is -3.65. The number of anilines is 1. The standard InChI is InChI=1S/C24H32N2O4S/c1-15-8-9-19-20(13-24(5,6)30-21(19)12-15)25-22(27)14-26(31(7,28)29)23-17(3)10-16(2)11-18(23)4/h8-12,20H,13-14H2,1-7H3,(H,25,27). The van der Waals surface area contributed by atoms with E-state index in [0.29, 0.717) is 12.1 Å². The predicted octanol–water partition coefficient (Wildman–Crippen LogP) is 4.10. The highest BCUT2D eigenvalue weighted by molar-refractivity contribution is 7.92. The summed E-state index contributed by atoms with van der Waals surface area (Å²) in [6.45, 7) is 11.4. The van der Waals surface area contributed by atoms with E-state index in [1.54, 1.807) is 0 Å². The molecule has 1 N–H and O–H groups in total. The van der Waals surface area contributed by atoms with Crippen LogP contribution in [-0.2, 0) is 14.8 Å². The van der Waals surface area contributed by atoms with E-state index in [9.17, 15) is 13.2 Å². The first-order valence-electron chi connectivity index (χ1n) is 10.4. The first-order valence-corrected chi connectivity index (χ1v) is 12.3. The summed E-state index contributed by atoms with van der Waals surface area (Å²) in [6.07, 6.45) is 1.73. The van der Waals surface area contributed by atoms with E-state index in [1.807, 2.05) is 71.9 Å². The van der Waals surface area contributed by atoms with E-state index in [1.165, 1.54) is 4.31 Å². The number of ether oxygens (including phenoxy) is 1. The molecule has 2 aromatic carbocycles. The van der Waals surface area contributed by atoms with Gasteiger partial charge in [-0.2, -0.15) is 0 Å². The zero-order valence-corrected chi connectivity index (χ0v) is 20.2. The fraction of sp³-hybridized carbons (Fsp3) is 0.458. The van der Waals surface area contributed by atoms with Gasteiger partial charge in [-0.3, -0.25) is 9.10 Å². The molecule has 1 aliphatic rings. The second-order valence-corrected chi connectivity index (χ2v) is 11.2. The van der Waals surface area contributed by atoms with Crippen molar-refractivity contribution in [3.05, 3.63) is 58.1 Å². The van der Waals surface area contributed by atoms with E-state index >= 15 is 0 Å². The van der Waals surface area contributed by atoms with Crippen molar-refractivity contribution in [2.75, 3.05) is 17.1 Å². The first kappa shape index (κ1) is 23.1. The Morgan fingerprint density at radius 3 is 2.29 bits per heavy atom. The van der Waals surface area contributed by atoms with Crippen molar-refractivity contribution in [3.8, 4) is 5.75 Å². The first-order chi connectivity index (χ1) is 14.3. The van der Waals surface area contributed by atoms with Crippen molar-refractivity contribution in [1.29, 1.82) is 0 Å². The largest absolute Gasteiger partial charge is 0.487 e. The molecule has 0 aliphatic carbocycles. The van der Waals surface area contributed by atoms with Gasteiger partial charge < -0.3 is 10.1 Å². The van der Waals surface area contributed by atoms with Crippen LogP contribution in [0, 0.1) is 27.7 Å². The molecule has 2 aromatic rings. The van der Waals surface area contributed by atoms with Crippen LogP contribution in [0.3, 0.4) is 0 Å². The van der Waals surface area contributed by atoms with Crippen LogP contribution < -0.4 is 14.4 Å². The molecule has 1 amide bonds. The second kappa shape index (κ2) is 8.19. The molecular weight excluding hydrogens is 412 g/mol. The Morgan fingerprint density at radius 2 is 1.71 bits per heavy atom. The molecule has 3 rings (SSSR count). The molecule has 1 unspecified atom stereocenters. The Morgan fingerprint density at radius 1 is 1.10 bits per heavy atom. The lowest BCUT2D eigenvalue weighted by atomic mass is 9.89. The van der Waals surface area contributed by atoms with Crippen molar-refractivity contribution >= 4 is 21.6 Å². The van der Waals surface area contributed by atoms with Crippen molar-refractivity contribution < 1.29 is 17.9 Å². The molecule has 168 valence electrons. The van der Waals surface area contributed by atoms with Crippen LogP contribution in [-0.4, -0.2) is 32.7 Å². The average molecular weight is 445 g/mol. The van der Waals surface area contributed by atoms with Gasteiger partial charge in [0, 0.05) is 12.0 Å². The maximum atomic E-state index is 13.1. The van der Waals surface area contributed by atoms with Gasteiger partial charge in [-0.25, -0.2) is 8.42 Å². The molecule has 1 atom stereocenters. The van der Waals surface area contributed by atoms with Crippen LogP contribution in [0.1, 0.15) is 54.1 Å². The van der Waals surface area contributed by atoms with Crippen LogP contribution in [0.2, 0.25) is 0 Å². The van der Waals surface area contributed by atoms with E-state index in [-0.39, 0.29) is 18.5 Å². The Hall–Kier alpha value is -2.54. The molecule has 0 aromatic heterocycles.